The number of carbonyl (C=O) groups is 1. The molecule has 1 aromatic heterocycles. The topological polar surface area (TPSA) is 47.4 Å². The van der Waals surface area contributed by atoms with E-state index in [0.717, 1.165) is 37.9 Å². The molecule has 2 aromatic rings. The van der Waals surface area contributed by atoms with Crippen LogP contribution in [0.2, 0.25) is 0 Å². The average Bonchev–Trinajstić information content (AvgIpc) is 3.17. The number of methoxy groups -OCH3 is 1. The predicted molar refractivity (Wildman–Crippen MR) is 97.0 cm³/mol. The van der Waals surface area contributed by atoms with Gasteiger partial charge in [0.25, 0.3) is 0 Å². The van der Waals surface area contributed by atoms with Crippen LogP contribution in [0.25, 0.3) is 0 Å². The van der Waals surface area contributed by atoms with Gasteiger partial charge in [-0.2, -0.15) is 5.10 Å². The third-order valence-corrected chi connectivity index (χ3v) is 5.07. The minimum absolute atomic E-state index is 0.133. The first kappa shape index (κ1) is 18.6. The maximum atomic E-state index is 13.1. The summed E-state index contributed by atoms with van der Waals surface area (Å²) in [6.07, 6.45) is 6.73. The smallest absolute Gasteiger partial charge is 0.222 e. The monoisotopic (exact) mass is 359 g/mol. The fourth-order valence-electron chi connectivity index (χ4n) is 3.65. The summed E-state index contributed by atoms with van der Waals surface area (Å²) in [5, 5.41) is 4.16. The SMILES string of the molecule is CO[C@H]1CCN(C(=O)CCCn2cccn2)C[C@H]1Cc1ccc(F)cc1. The number of aromatic nitrogens is 2. The number of rotatable bonds is 7. The highest BCUT2D eigenvalue weighted by Gasteiger charge is 2.31. The van der Waals surface area contributed by atoms with E-state index in [4.69, 9.17) is 4.74 Å². The highest BCUT2D eigenvalue weighted by Crippen LogP contribution is 2.24. The van der Waals surface area contributed by atoms with Crippen LogP contribution in [0.15, 0.2) is 42.7 Å². The minimum Gasteiger partial charge on any atom is -0.381 e. The third kappa shape index (κ3) is 4.91. The summed E-state index contributed by atoms with van der Waals surface area (Å²) in [5.41, 5.74) is 1.08. The molecule has 1 amide bonds. The molecule has 2 heterocycles. The highest BCUT2D eigenvalue weighted by molar-refractivity contribution is 5.76. The van der Waals surface area contributed by atoms with Gasteiger partial charge in [0.2, 0.25) is 5.91 Å². The fourth-order valence-corrected chi connectivity index (χ4v) is 3.65. The van der Waals surface area contributed by atoms with Gasteiger partial charge in [-0.05, 0) is 43.0 Å². The second-order valence-electron chi connectivity index (χ2n) is 6.87. The lowest BCUT2D eigenvalue weighted by Gasteiger charge is -2.38. The molecule has 0 saturated carbocycles. The Morgan fingerprint density at radius 3 is 2.85 bits per heavy atom. The number of piperidine rings is 1. The number of carbonyl (C=O) groups excluding carboxylic acids is 1. The number of ether oxygens (including phenoxy) is 1. The molecule has 0 radical (unpaired) electrons. The largest absolute Gasteiger partial charge is 0.381 e. The number of halogens is 1. The third-order valence-electron chi connectivity index (χ3n) is 5.07. The zero-order valence-electron chi connectivity index (χ0n) is 15.2. The van der Waals surface area contributed by atoms with Crippen LogP contribution in [0.5, 0.6) is 0 Å². The van der Waals surface area contributed by atoms with Crippen molar-refractivity contribution in [3.63, 3.8) is 0 Å². The number of nitrogens with zero attached hydrogens (tertiary/aromatic N) is 3. The summed E-state index contributed by atoms with van der Waals surface area (Å²) in [6.45, 7) is 2.18. The summed E-state index contributed by atoms with van der Waals surface area (Å²) < 4.78 is 20.6. The van der Waals surface area contributed by atoms with Crippen molar-refractivity contribution in [3.8, 4) is 0 Å². The molecule has 0 aliphatic carbocycles. The van der Waals surface area contributed by atoms with Crippen LogP contribution in [0.4, 0.5) is 4.39 Å². The van der Waals surface area contributed by atoms with E-state index >= 15 is 0 Å². The number of amides is 1. The molecule has 0 N–H and O–H groups in total. The average molecular weight is 359 g/mol. The van der Waals surface area contributed by atoms with E-state index in [1.165, 1.54) is 12.1 Å². The van der Waals surface area contributed by atoms with Gasteiger partial charge in [-0.3, -0.25) is 9.48 Å². The number of likely N-dealkylation sites (tertiary alicyclic amines) is 1. The van der Waals surface area contributed by atoms with Crippen LogP contribution >= 0.6 is 0 Å². The Hall–Kier alpha value is -2.21. The Kier molecular flexibility index (Phi) is 6.39. The molecule has 5 nitrogen and oxygen atoms in total. The Balaban J connectivity index is 1.53. The van der Waals surface area contributed by atoms with Gasteiger partial charge in [-0.1, -0.05) is 12.1 Å². The maximum absolute atomic E-state index is 13.1. The van der Waals surface area contributed by atoms with Crippen molar-refractivity contribution in [3.05, 3.63) is 54.1 Å². The summed E-state index contributed by atoms with van der Waals surface area (Å²) in [6, 6.07) is 8.48. The summed E-state index contributed by atoms with van der Waals surface area (Å²) in [4.78, 5) is 14.5. The van der Waals surface area contributed by atoms with Crippen molar-refractivity contribution >= 4 is 5.91 Å². The minimum atomic E-state index is -0.227. The van der Waals surface area contributed by atoms with Gasteiger partial charge in [0.15, 0.2) is 0 Å². The van der Waals surface area contributed by atoms with Crippen molar-refractivity contribution in [1.29, 1.82) is 0 Å². The van der Waals surface area contributed by atoms with Gasteiger partial charge in [0.1, 0.15) is 5.82 Å². The van der Waals surface area contributed by atoms with Crippen LogP contribution in [0, 0.1) is 11.7 Å². The Bertz CT molecular complexity index is 688. The second kappa shape index (κ2) is 8.94. The molecule has 0 spiro atoms. The molecule has 0 unspecified atom stereocenters. The quantitative estimate of drug-likeness (QED) is 0.764. The van der Waals surface area contributed by atoms with E-state index in [1.807, 2.05) is 34.0 Å². The first-order valence-electron chi connectivity index (χ1n) is 9.18. The summed E-state index contributed by atoms with van der Waals surface area (Å²) in [5.74, 6) is 0.194. The molecule has 1 aromatic carbocycles. The zero-order valence-corrected chi connectivity index (χ0v) is 15.2. The summed E-state index contributed by atoms with van der Waals surface area (Å²) >= 11 is 0. The molecule has 26 heavy (non-hydrogen) atoms. The Morgan fingerprint density at radius 1 is 1.35 bits per heavy atom. The first-order valence-corrected chi connectivity index (χ1v) is 9.18. The molecular weight excluding hydrogens is 333 g/mol. The number of benzene rings is 1. The molecule has 1 aliphatic heterocycles. The van der Waals surface area contributed by atoms with Gasteiger partial charge < -0.3 is 9.64 Å². The van der Waals surface area contributed by atoms with Crippen LogP contribution in [0.3, 0.4) is 0 Å². The normalized spacial score (nSPS) is 20.3. The van der Waals surface area contributed by atoms with Gasteiger partial charge in [-0.25, -0.2) is 4.39 Å². The Labute approximate surface area is 153 Å². The lowest BCUT2D eigenvalue weighted by atomic mass is 9.88. The molecular formula is C20H26FN3O2. The zero-order chi connectivity index (χ0) is 18.4. The standard InChI is InChI=1S/C20H26FN3O2/c1-26-19-9-13-23(20(25)4-2-11-24-12-3-10-22-24)15-17(19)14-16-5-7-18(21)8-6-16/h3,5-8,10,12,17,19H,2,4,9,11,13-15H2,1H3/t17-,19+/m1/s1. The van der Waals surface area contributed by atoms with Gasteiger partial charge >= 0.3 is 0 Å². The van der Waals surface area contributed by atoms with E-state index in [2.05, 4.69) is 5.10 Å². The van der Waals surface area contributed by atoms with Crippen molar-refractivity contribution in [2.45, 2.75) is 38.3 Å². The highest BCUT2D eigenvalue weighted by atomic mass is 19.1. The van der Waals surface area contributed by atoms with Crippen LogP contribution < -0.4 is 0 Å². The van der Waals surface area contributed by atoms with Crippen LogP contribution in [-0.4, -0.2) is 46.9 Å². The van der Waals surface area contributed by atoms with Crippen molar-refractivity contribution in [2.24, 2.45) is 5.92 Å². The number of hydrogen-bond donors (Lipinski definition) is 0. The molecule has 1 saturated heterocycles. The molecule has 1 aliphatic rings. The molecule has 6 heteroatoms. The lowest BCUT2D eigenvalue weighted by Crippen LogP contribution is -2.47. The van der Waals surface area contributed by atoms with Gasteiger partial charge in [-0.15, -0.1) is 0 Å². The molecule has 0 bridgehead atoms. The van der Waals surface area contributed by atoms with Gasteiger partial charge in [0.05, 0.1) is 6.10 Å². The first-order chi connectivity index (χ1) is 12.7. The van der Waals surface area contributed by atoms with Crippen LogP contribution in [-0.2, 0) is 22.5 Å². The molecule has 140 valence electrons. The van der Waals surface area contributed by atoms with E-state index in [-0.39, 0.29) is 23.7 Å². The van der Waals surface area contributed by atoms with E-state index < -0.39 is 0 Å². The number of aryl methyl sites for hydroxylation is 1. The van der Waals surface area contributed by atoms with Gasteiger partial charge in [0, 0.05) is 51.5 Å². The van der Waals surface area contributed by atoms with E-state index in [1.54, 1.807) is 13.3 Å². The van der Waals surface area contributed by atoms with E-state index in [0.29, 0.717) is 13.0 Å². The van der Waals surface area contributed by atoms with Crippen molar-refractivity contribution < 1.29 is 13.9 Å². The van der Waals surface area contributed by atoms with E-state index in [9.17, 15) is 9.18 Å². The van der Waals surface area contributed by atoms with Crippen molar-refractivity contribution in [1.82, 2.24) is 14.7 Å². The molecule has 3 rings (SSSR count). The second-order valence-corrected chi connectivity index (χ2v) is 6.87. The molecule has 2 atom stereocenters. The Morgan fingerprint density at radius 2 is 2.15 bits per heavy atom. The summed E-state index contributed by atoms with van der Waals surface area (Å²) in [7, 11) is 1.73. The van der Waals surface area contributed by atoms with Crippen molar-refractivity contribution in [2.75, 3.05) is 20.2 Å². The maximum Gasteiger partial charge on any atom is 0.222 e. The predicted octanol–water partition coefficient (Wildman–Crippen LogP) is 2.91. The van der Waals surface area contributed by atoms with Crippen LogP contribution in [0.1, 0.15) is 24.8 Å². The fraction of sp³-hybridized carbons (Fsp3) is 0.500. The number of hydrogen-bond acceptors (Lipinski definition) is 3. The lowest BCUT2D eigenvalue weighted by molar-refractivity contribution is -0.135. The molecule has 1 fully saturated rings.